The van der Waals surface area contributed by atoms with Crippen LogP contribution in [0.4, 0.5) is 5.69 Å². The predicted molar refractivity (Wildman–Crippen MR) is 147 cm³/mol. The first-order valence-electron chi connectivity index (χ1n) is 11.9. The highest BCUT2D eigenvalue weighted by molar-refractivity contribution is 7.80. The lowest BCUT2D eigenvalue weighted by molar-refractivity contribution is 0.404. The number of aryl methyl sites for hydroxylation is 2. The highest BCUT2D eigenvalue weighted by atomic mass is 32.1. The molecule has 5 rings (SSSR count). The van der Waals surface area contributed by atoms with E-state index in [2.05, 4.69) is 60.7 Å². The number of hydrogen-bond acceptors (Lipinski definition) is 5. The highest BCUT2D eigenvalue weighted by Gasteiger charge is 2.34. The molecular weight excluding hydrogens is 468 g/mol. The molecule has 36 heavy (non-hydrogen) atoms. The van der Waals surface area contributed by atoms with Crippen molar-refractivity contribution < 1.29 is 9.26 Å². The van der Waals surface area contributed by atoms with Crippen LogP contribution in [0.5, 0.6) is 5.75 Å². The van der Waals surface area contributed by atoms with Crippen LogP contribution in [-0.4, -0.2) is 22.4 Å². The van der Waals surface area contributed by atoms with Gasteiger partial charge in [-0.2, -0.15) is 4.98 Å². The van der Waals surface area contributed by atoms with E-state index < -0.39 is 0 Å². The van der Waals surface area contributed by atoms with E-state index in [1.165, 1.54) is 11.1 Å². The summed E-state index contributed by atoms with van der Waals surface area (Å²) in [5, 5.41) is 8.43. The van der Waals surface area contributed by atoms with Crippen LogP contribution in [0.1, 0.15) is 42.5 Å². The van der Waals surface area contributed by atoms with Crippen molar-refractivity contribution in [2.45, 2.75) is 33.2 Å². The summed E-state index contributed by atoms with van der Waals surface area (Å²) in [5.41, 5.74) is 7.16. The molecule has 1 N–H and O–H groups in total. The fourth-order valence-electron chi connectivity index (χ4n) is 4.41. The summed E-state index contributed by atoms with van der Waals surface area (Å²) >= 11 is 5.84. The third-order valence-electron chi connectivity index (χ3n) is 6.50. The number of nitrogens with one attached hydrogen (secondary N) is 1. The largest absolute Gasteiger partial charge is 0.497 e. The Kier molecular flexibility index (Phi) is 6.57. The molecule has 0 saturated carbocycles. The Balaban J connectivity index is 1.61. The van der Waals surface area contributed by atoms with Crippen molar-refractivity contribution in [1.82, 2.24) is 15.5 Å². The van der Waals surface area contributed by atoms with E-state index in [-0.39, 0.29) is 6.04 Å². The topological polar surface area (TPSA) is 63.4 Å². The van der Waals surface area contributed by atoms with Crippen molar-refractivity contribution >= 4 is 28.6 Å². The number of anilines is 1. The van der Waals surface area contributed by atoms with Gasteiger partial charge in [-0.3, -0.25) is 4.90 Å². The van der Waals surface area contributed by atoms with E-state index in [0.29, 0.717) is 16.8 Å². The first-order valence-corrected chi connectivity index (χ1v) is 12.3. The zero-order valence-electron chi connectivity index (χ0n) is 20.8. The molecule has 0 spiro atoms. The average molecular weight is 497 g/mol. The van der Waals surface area contributed by atoms with Crippen LogP contribution in [0.25, 0.3) is 17.0 Å². The maximum Gasteiger partial charge on any atom is 0.258 e. The Bertz CT molecular complexity index is 1410. The molecule has 1 aliphatic rings. The molecule has 0 radical (unpaired) electrons. The molecule has 0 fully saturated rings. The second-order valence-corrected chi connectivity index (χ2v) is 9.19. The summed E-state index contributed by atoms with van der Waals surface area (Å²) in [5.74, 6) is 1.80. The summed E-state index contributed by atoms with van der Waals surface area (Å²) in [6.07, 6.45) is 0.981. The summed E-state index contributed by atoms with van der Waals surface area (Å²) in [6.45, 7) is 6.25. The third-order valence-corrected chi connectivity index (χ3v) is 6.80. The van der Waals surface area contributed by atoms with E-state index in [1.54, 1.807) is 7.11 Å². The molecule has 3 aromatic carbocycles. The minimum Gasteiger partial charge on any atom is -0.497 e. The standard InChI is InChI=1S/C29H28N4O2S/c1-5-20-8-12-22(13-9-20)27-31-28(35-32-27)25-19(3)33(23-14-16-24(34-4)17-15-23)29(36)30-26(25)21-10-6-18(2)7-11-21/h6-17,26H,5H2,1-4H3,(H,30,36). The van der Waals surface area contributed by atoms with Crippen molar-refractivity contribution in [3.63, 3.8) is 0 Å². The molecule has 1 aromatic heterocycles. The minimum absolute atomic E-state index is 0.233. The van der Waals surface area contributed by atoms with Crippen LogP contribution in [-0.2, 0) is 6.42 Å². The first-order chi connectivity index (χ1) is 17.5. The molecule has 0 saturated heterocycles. The summed E-state index contributed by atoms with van der Waals surface area (Å²) < 4.78 is 11.2. The monoisotopic (exact) mass is 496 g/mol. The van der Waals surface area contributed by atoms with Crippen LogP contribution in [0.2, 0.25) is 0 Å². The van der Waals surface area contributed by atoms with Crippen LogP contribution >= 0.6 is 12.2 Å². The number of ether oxygens (including phenoxy) is 1. The SMILES string of the molecule is CCc1ccc(-c2noc(C3=C(C)N(c4ccc(OC)cc4)C(=S)NC3c3ccc(C)cc3)n2)cc1. The quantitative estimate of drug-likeness (QED) is 0.306. The van der Waals surface area contributed by atoms with Gasteiger partial charge in [-0.1, -0.05) is 66.2 Å². The number of aromatic nitrogens is 2. The van der Waals surface area contributed by atoms with Crippen molar-refractivity contribution in [2.75, 3.05) is 12.0 Å². The molecule has 1 atom stereocenters. The molecule has 0 aliphatic carbocycles. The lowest BCUT2D eigenvalue weighted by Gasteiger charge is -2.37. The van der Waals surface area contributed by atoms with E-state index in [4.69, 9.17) is 26.5 Å². The van der Waals surface area contributed by atoms with Crippen molar-refractivity contribution in [3.8, 4) is 17.1 Å². The smallest absolute Gasteiger partial charge is 0.258 e. The highest BCUT2D eigenvalue weighted by Crippen LogP contribution is 2.39. The van der Waals surface area contributed by atoms with Crippen LogP contribution in [0, 0.1) is 6.92 Å². The molecule has 182 valence electrons. The molecule has 7 heteroatoms. The molecule has 6 nitrogen and oxygen atoms in total. The number of hydrogen-bond donors (Lipinski definition) is 1. The second kappa shape index (κ2) is 9.95. The Morgan fingerprint density at radius 1 is 0.972 bits per heavy atom. The molecule has 2 heterocycles. The lowest BCUT2D eigenvalue weighted by atomic mass is 9.94. The number of thiocarbonyl (C=S) groups is 1. The zero-order chi connectivity index (χ0) is 25.2. The molecule has 4 aromatic rings. The van der Waals surface area contributed by atoms with Gasteiger partial charge in [0.1, 0.15) is 5.75 Å². The normalized spacial score (nSPS) is 15.7. The number of allylic oxidation sites excluding steroid dienone is 1. The lowest BCUT2D eigenvalue weighted by Crippen LogP contribution is -2.46. The van der Waals surface area contributed by atoms with Crippen molar-refractivity contribution in [1.29, 1.82) is 0 Å². The Morgan fingerprint density at radius 2 is 1.67 bits per heavy atom. The number of rotatable bonds is 6. The maximum absolute atomic E-state index is 5.87. The number of methoxy groups -OCH3 is 1. The molecule has 1 unspecified atom stereocenters. The van der Waals surface area contributed by atoms with Crippen molar-refractivity contribution in [2.24, 2.45) is 0 Å². The van der Waals surface area contributed by atoms with Crippen LogP contribution in [0.3, 0.4) is 0 Å². The zero-order valence-corrected chi connectivity index (χ0v) is 21.6. The molecular formula is C29H28N4O2S. The fourth-order valence-corrected chi connectivity index (χ4v) is 4.77. The van der Waals surface area contributed by atoms with Gasteiger partial charge < -0.3 is 14.6 Å². The van der Waals surface area contributed by atoms with Gasteiger partial charge in [0.05, 0.1) is 18.7 Å². The Morgan fingerprint density at radius 3 is 2.31 bits per heavy atom. The van der Waals surface area contributed by atoms with Crippen molar-refractivity contribution in [3.05, 3.63) is 101 Å². The van der Waals surface area contributed by atoms with Crippen LogP contribution < -0.4 is 15.0 Å². The van der Waals surface area contributed by atoms with Gasteiger partial charge in [-0.15, -0.1) is 0 Å². The summed E-state index contributed by atoms with van der Waals surface area (Å²) in [6, 6.07) is 24.2. The van der Waals surface area contributed by atoms with Gasteiger partial charge >= 0.3 is 0 Å². The van der Waals surface area contributed by atoms with Gasteiger partial charge in [-0.05, 0) is 67.9 Å². The maximum atomic E-state index is 5.87. The molecule has 0 bridgehead atoms. The van der Waals surface area contributed by atoms with Gasteiger partial charge in [0.15, 0.2) is 5.11 Å². The minimum atomic E-state index is -0.233. The second-order valence-electron chi connectivity index (χ2n) is 8.80. The molecule has 1 aliphatic heterocycles. The fraction of sp³-hybridized carbons (Fsp3) is 0.207. The number of nitrogens with zero attached hydrogens (tertiary/aromatic N) is 3. The van der Waals surface area contributed by atoms with Gasteiger partial charge in [0, 0.05) is 16.9 Å². The summed E-state index contributed by atoms with van der Waals surface area (Å²) in [7, 11) is 1.65. The average Bonchev–Trinajstić information content (AvgIpc) is 3.39. The Hall–Kier alpha value is -3.97. The van der Waals surface area contributed by atoms with Gasteiger partial charge in [-0.25, -0.2) is 0 Å². The van der Waals surface area contributed by atoms with Gasteiger partial charge in [0.2, 0.25) is 5.82 Å². The molecule has 0 amide bonds. The van der Waals surface area contributed by atoms with Crippen LogP contribution in [0.15, 0.2) is 83.0 Å². The van der Waals surface area contributed by atoms with E-state index in [1.807, 2.05) is 48.2 Å². The van der Waals surface area contributed by atoms with E-state index >= 15 is 0 Å². The number of benzene rings is 3. The van der Waals surface area contributed by atoms with E-state index in [9.17, 15) is 0 Å². The Labute approximate surface area is 216 Å². The predicted octanol–water partition coefficient (Wildman–Crippen LogP) is 6.48. The summed E-state index contributed by atoms with van der Waals surface area (Å²) in [4.78, 5) is 6.81. The first kappa shape index (κ1) is 23.8. The van der Waals surface area contributed by atoms with E-state index in [0.717, 1.165) is 40.3 Å². The third kappa shape index (κ3) is 4.50. The van der Waals surface area contributed by atoms with Gasteiger partial charge in [0.25, 0.3) is 5.89 Å².